The van der Waals surface area contributed by atoms with Crippen LogP contribution in [0.2, 0.25) is 0 Å². The number of carbonyl (C=O) groups excluding carboxylic acids is 2. The first-order valence-corrected chi connectivity index (χ1v) is 9.85. The molecule has 0 aliphatic rings. The molecule has 0 N–H and O–H groups in total. The van der Waals surface area contributed by atoms with Crippen molar-refractivity contribution < 1.29 is 9.59 Å². The van der Waals surface area contributed by atoms with E-state index < -0.39 is 0 Å². The van der Waals surface area contributed by atoms with Crippen LogP contribution in [0.5, 0.6) is 0 Å². The normalized spacial score (nSPS) is 10.4. The van der Waals surface area contributed by atoms with E-state index in [9.17, 15) is 9.59 Å². The molecule has 3 aromatic rings. The van der Waals surface area contributed by atoms with Crippen molar-refractivity contribution >= 4 is 23.2 Å². The second-order valence-electron chi connectivity index (χ2n) is 6.95. The zero-order valence-corrected chi connectivity index (χ0v) is 16.9. The molecule has 2 amide bonds. The van der Waals surface area contributed by atoms with E-state index >= 15 is 0 Å². The molecule has 0 saturated heterocycles. The van der Waals surface area contributed by atoms with Gasteiger partial charge in [0.25, 0.3) is 0 Å². The van der Waals surface area contributed by atoms with Gasteiger partial charge in [0.2, 0.25) is 11.8 Å². The first-order valence-electron chi connectivity index (χ1n) is 9.85. The first-order chi connectivity index (χ1) is 14.1. The molecule has 0 saturated carbocycles. The minimum atomic E-state index is -0.212. The van der Waals surface area contributed by atoms with Crippen LogP contribution in [0, 0.1) is 6.92 Å². The van der Waals surface area contributed by atoms with Crippen LogP contribution in [0.1, 0.15) is 24.5 Å². The van der Waals surface area contributed by atoms with Crippen LogP contribution in [0.4, 0.5) is 11.4 Å². The van der Waals surface area contributed by atoms with E-state index in [1.807, 2.05) is 98.8 Å². The summed E-state index contributed by atoms with van der Waals surface area (Å²) in [4.78, 5) is 29.5. The van der Waals surface area contributed by atoms with Crippen molar-refractivity contribution in [3.63, 3.8) is 0 Å². The maximum absolute atomic E-state index is 13.2. The Morgan fingerprint density at radius 1 is 0.724 bits per heavy atom. The largest absolute Gasteiger partial charge is 0.312 e. The van der Waals surface area contributed by atoms with Crippen LogP contribution in [-0.4, -0.2) is 18.4 Å². The molecule has 0 aliphatic carbocycles. The van der Waals surface area contributed by atoms with Crippen molar-refractivity contribution in [3.8, 4) is 0 Å². The summed E-state index contributed by atoms with van der Waals surface area (Å²) in [6.45, 7) is 4.85. The minimum absolute atomic E-state index is 0.177. The Hall–Kier alpha value is -3.40. The fraction of sp³-hybridized carbons (Fsp3) is 0.200. The maximum atomic E-state index is 13.2. The average Bonchev–Trinajstić information content (AvgIpc) is 2.74. The predicted molar refractivity (Wildman–Crippen MR) is 118 cm³/mol. The number of amides is 2. The number of hydrogen-bond donors (Lipinski definition) is 0. The van der Waals surface area contributed by atoms with E-state index in [1.165, 1.54) is 0 Å². The number of benzene rings is 3. The Morgan fingerprint density at radius 2 is 1.31 bits per heavy atom. The van der Waals surface area contributed by atoms with Crippen LogP contribution in [0.3, 0.4) is 0 Å². The number of para-hydroxylation sites is 1. The number of aryl methyl sites for hydroxylation is 1. The van der Waals surface area contributed by atoms with Gasteiger partial charge in [0.05, 0.1) is 6.54 Å². The van der Waals surface area contributed by atoms with Crippen molar-refractivity contribution in [3.05, 3.63) is 96.1 Å². The third-order valence-electron chi connectivity index (χ3n) is 4.79. The standard InChI is InChI=1S/C25H26N2O2/c1-3-26(23-16-10-11-20(2)17-23)24(28)18-25(29)27(22-14-8-5-9-15-22)19-21-12-6-4-7-13-21/h4-17H,3,18-19H2,1-2H3. The Bertz CT molecular complexity index is 955. The number of carbonyl (C=O) groups is 2. The lowest BCUT2D eigenvalue weighted by atomic mass is 10.1. The number of nitrogens with zero attached hydrogens (tertiary/aromatic N) is 2. The molecule has 0 aromatic heterocycles. The molecule has 0 aliphatic heterocycles. The van der Waals surface area contributed by atoms with E-state index in [2.05, 4.69) is 0 Å². The second-order valence-corrected chi connectivity index (χ2v) is 6.95. The summed E-state index contributed by atoms with van der Waals surface area (Å²) in [5.74, 6) is -0.409. The van der Waals surface area contributed by atoms with Crippen LogP contribution < -0.4 is 9.80 Å². The number of anilines is 2. The summed E-state index contributed by atoms with van der Waals surface area (Å²) in [5.41, 5.74) is 3.70. The van der Waals surface area contributed by atoms with E-state index in [4.69, 9.17) is 0 Å². The monoisotopic (exact) mass is 386 g/mol. The van der Waals surface area contributed by atoms with Crippen LogP contribution in [0.15, 0.2) is 84.9 Å². The third kappa shape index (κ3) is 5.32. The lowest BCUT2D eigenvalue weighted by Gasteiger charge is -2.26. The molecule has 29 heavy (non-hydrogen) atoms. The minimum Gasteiger partial charge on any atom is -0.312 e. The molecule has 3 rings (SSSR count). The van der Waals surface area contributed by atoms with E-state index in [-0.39, 0.29) is 18.2 Å². The highest BCUT2D eigenvalue weighted by atomic mass is 16.2. The Labute approximate surface area is 172 Å². The Morgan fingerprint density at radius 3 is 1.93 bits per heavy atom. The summed E-state index contributed by atoms with van der Waals surface area (Å²) in [5, 5.41) is 0. The van der Waals surface area contributed by atoms with Crippen LogP contribution in [0.25, 0.3) is 0 Å². The summed E-state index contributed by atoms with van der Waals surface area (Å²) in [6, 6.07) is 27.1. The summed E-state index contributed by atoms with van der Waals surface area (Å²) < 4.78 is 0. The Balaban J connectivity index is 1.81. The fourth-order valence-electron chi connectivity index (χ4n) is 3.32. The lowest BCUT2D eigenvalue weighted by Crippen LogP contribution is -2.38. The molecule has 0 heterocycles. The predicted octanol–water partition coefficient (Wildman–Crippen LogP) is 4.97. The van der Waals surface area contributed by atoms with Crippen molar-refractivity contribution in [2.45, 2.75) is 26.8 Å². The molecule has 0 radical (unpaired) electrons. The molecule has 0 fully saturated rings. The van der Waals surface area contributed by atoms with E-state index in [1.54, 1.807) is 9.80 Å². The maximum Gasteiger partial charge on any atom is 0.236 e. The Kier molecular flexibility index (Phi) is 6.80. The fourth-order valence-corrected chi connectivity index (χ4v) is 3.32. The highest BCUT2D eigenvalue weighted by molar-refractivity contribution is 6.10. The molecule has 148 valence electrons. The van der Waals surface area contributed by atoms with Gasteiger partial charge in [-0.3, -0.25) is 9.59 Å². The number of hydrogen-bond acceptors (Lipinski definition) is 2. The third-order valence-corrected chi connectivity index (χ3v) is 4.79. The topological polar surface area (TPSA) is 40.6 Å². The van der Waals surface area contributed by atoms with Crippen molar-refractivity contribution in [1.82, 2.24) is 0 Å². The lowest BCUT2D eigenvalue weighted by molar-refractivity contribution is -0.126. The molecule has 4 nitrogen and oxygen atoms in total. The van der Waals surface area contributed by atoms with Gasteiger partial charge in [-0.1, -0.05) is 60.7 Å². The molecular weight excluding hydrogens is 360 g/mol. The summed E-state index contributed by atoms with van der Waals surface area (Å²) in [7, 11) is 0. The van der Waals surface area contributed by atoms with Gasteiger partial charge >= 0.3 is 0 Å². The van der Waals surface area contributed by atoms with Gasteiger partial charge in [-0.2, -0.15) is 0 Å². The SMILES string of the molecule is CCN(C(=O)CC(=O)N(Cc1ccccc1)c1ccccc1)c1cccc(C)c1. The van der Waals surface area contributed by atoms with Gasteiger partial charge < -0.3 is 9.80 Å². The van der Waals surface area contributed by atoms with Gasteiger partial charge in [0.15, 0.2) is 0 Å². The van der Waals surface area contributed by atoms with Gasteiger partial charge in [-0.15, -0.1) is 0 Å². The van der Waals surface area contributed by atoms with E-state index in [0.717, 1.165) is 22.5 Å². The van der Waals surface area contributed by atoms with Crippen LogP contribution in [-0.2, 0) is 16.1 Å². The van der Waals surface area contributed by atoms with E-state index in [0.29, 0.717) is 13.1 Å². The smallest absolute Gasteiger partial charge is 0.236 e. The van der Waals surface area contributed by atoms with Crippen molar-refractivity contribution in [2.24, 2.45) is 0 Å². The number of rotatable bonds is 7. The first kappa shape index (κ1) is 20.3. The van der Waals surface area contributed by atoms with Gasteiger partial charge in [0, 0.05) is 17.9 Å². The molecule has 3 aromatic carbocycles. The van der Waals surface area contributed by atoms with Gasteiger partial charge in [-0.25, -0.2) is 0 Å². The molecule has 0 spiro atoms. The highest BCUT2D eigenvalue weighted by Crippen LogP contribution is 2.20. The average molecular weight is 386 g/mol. The highest BCUT2D eigenvalue weighted by Gasteiger charge is 2.23. The molecule has 0 bridgehead atoms. The van der Waals surface area contributed by atoms with Gasteiger partial charge in [-0.05, 0) is 49.2 Å². The summed E-state index contributed by atoms with van der Waals surface area (Å²) >= 11 is 0. The molecule has 4 heteroatoms. The molecular formula is C25H26N2O2. The quantitative estimate of drug-likeness (QED) is 0.538. The van der Waals surface area contributed by atoms with Crippen LogP contribution >= 0.6 is 0 Å². The second kappa shape index (κ2) is 9.69. The molecule has 0 atom stereocenters. The zero-order valence-electron chi connectivity index (χ0n) is 16.9. The summed E-state index contributed by atoms with van der Waals surface area (Å²) in [6.07, 6.45) is -0.177. The van der Waals surface area contributed by atoms with Crippen molar-refractivity contribution in [1.29, 1.82) is 0 Å². The van der Waals surface area contributed by atoms with Gasteiger partial charge in [0.1, 0.15) is 6.42 Å². The van der Waals surface area contributed by atoms with Crippen molar-refractivity contribution in [2.75, 3.05) is 16.3 Å². The zero-order chi connectivity index (χ0) is 20.6. The molecule has 0 unspecified atom stereocenters.